The number of pyridine rings is 1. The van der Waals surface area contributed by atoms with Crippen LogP contribution in [-0.4, -0.2) is 11.0 Å². The fourth-order valence-electron chi connectivity index (χ4n) is 2.06. The minimum Gasteiger partial charge on any atom is -0.453 e. The first kappa shape index (κ1) is 12.4. The third-order valence-electron chi connectivity index (χ3n) is 3.11. The predicted octanol–water partition coefficient (Wildman–Crippen LogP) is 3.49. The van der Waals surface area contributed by atoms with Crippen molar-refractivity contribution in [3.8, 4) is 0 Å². The number of furan rings is 1. The molecule has 0 bridgehead atoms. The summed E-state index contributed by atoms with van der Waals surface area (Å²) in [7, 11) is 0. The summed E-state index contributed by atoms with van der Waals surface area (Å²) in [5.74, 6) is -0.216. The maximum atomic E-state index is 12.1. The number of esters is 1. The van der Waals surface area contributed by atoms with Gasteiger partial charge in [0, 0.05) is 17.1 Å². The molecule has 0 atom stereocenters. The average Bonchev–Trinajstić information content (AvgIpc) is 2.84. The Hall–Kier alpha value is -2.62. The number of carbonyl (C=O) groups excluding carboxylic acids is 1. The molecule has 0 aliphatic rings. The molecule has 0 saturated carbocycles. The van der Waals surface area contributed by atoms with Gasteiger partial charge in [0.1, 0.15) is 12.2 Å². The number of fused-ring (bicyclic) bond motifs is 1. The molecule has 100 valence electrons. The van der Waals surface area contributed by atoms with Gasteiger partial charge in [0.15, 0.2) is 0 Å². The summed E-state index contributed by atoms with van der Waals surface area (Å²) in [6.07, 6.45) is 1.66. The van der Waals surface area contributed by atoms with Crippen molar-refractivity contribution in [2.45, 2.75) is 13.5 Å². The highest BCUT2D eigenvalue weighted by Gasteiger charge is 2.18. The molecule has 0 amide bonds. The molecule has 2 heterocycles. The second-order valence-electron chi connectivity index (χ2n) is 4.45. The summed E-state index contributed by atoms with van der Waals surface area (Å²) in [5, 5.41) is 0.928. The fourth-order valence-corrected chi connectivity index (χ4v) is 2.06. The van der Waals surface area contributed by atoms with Crippen LogP contribution in [0.3, 0.4) is 0 Å². The Morgan fingerprint density at radius 3 is 2.75 bits per heavy atom. The van der Waals surface area contributed by atoms with E-state index in [1.165, 1.54) is 0 Å². The zero-order valence-electron chi connectivity index (χ0n) is 11.0. The number of rotatable bonds is 3. The molecule has 4 nitrogen and oxygen atoms in total. The van der Waals surface area contributed by atoms with E-state index in [0.717, 1.165) is 10.9 Å². The van der Waals surface area contributed by atoms with E-state index in [1.54, 1.807) is 12.3 Å². The smallest absolute Gasteiger partial charge is 0.374 e. The van der Waals surface area contributed by atoms with Gasteiger partial charge in [-0.15, -0.1) is 0 Å². The molecule has 0 fully saturated rings. The Morgan fingerprint density at radius 2 is 2.00 bits per heavy atom. The third kappa shape index (κ3) is 2.28. The molecular weight excluding hydrogens is 254 g/mol. The molecule has 0 aliphatic heterocycles. The highest BCUT2D eigenvalue weighted by Crippen LogP contribution is 2.25. The van der Waals surface area contributed by atoms with E-state index in [9.17, 15) is 4.79 Å². The molecule has 20 heavy (non-hydrogen) atoms. The van der Waals surface area contributed by atoms with Crippen LogP contribution in [0.25, 0.3) is 11.0 Å². The fraction of sp³-hybridized carbons (Fsp3) is 0.125. The molecule has 0 spiro atoms. The highest BCUT2D eigenvalue weighted by molar-refractivity contribution is 5.95. The summed E-state index contributed by atoms with van der Waals surface area (Å²) in [6.45, 7) is 1.99. The van der Waals surface area contributed by atoms with Crippen molar-refractivity contribution in [1.82, 2.24) is 4.98 Å². The van der Waals surface area contributed by atoms with Crippen molar-refractivity contribution in [2.24, 2.45) is 0 Å². The summed E-state index contributed by atoms with van der Waals surface area (Å²) < 4.78 is 10.8. The maximum absolute atomic E-state index is 12.1. The van der Waals surface area contributed by atoms with E-state index in [0.29, 0.717) is 11.3 Å². The first-order valence-electron chi connectivity index (χ1n) is 6.31. The third-order valence-corrected chi connectivity index (χ3v) is 3.11. The Balaban J connectivity index is 1.81. The van der Waals surface area contributed by atoms with Crippen LogP contribution in [0.2, 0.25) is 0 Å². The van der Waals surface area contributed by atoms with Crippen molar-refractivity contribution >= 4 is 16.9 Å². The number of aromatic nitrogens is 1. The lowest BCUT2D eigenvalue weighted by molar-refractivity contribution is 0.0432. The maximum Gasteiger partial charge on any atom is 0.374 e. The van der Waals surface area contributed by atoms with Crippen molar-refractivity contribution < 1.29 is 13.9 Å². The van der Waals surface area contributed by atoms with Gasteiger partial charge in [-0.3, -0.25) is 4.98 Å². The van der Waals surface area contributed by atoms with Crippen LogP contribution < -0.4 is 0 Å². The molecule has 0 saturated heterocycles. The summed E-state index contributed by atoms with van der Waals surface area (Å²) in [4.78, 5) is 16.2. The Morgan fingerprint density at radius 1 is 1.20 bits per heavy atom. The molecule has 0 radical (unpaired) electrons. The van der Waals surface area contributed by atoms with Gasteiger partial charge in [0.05, 0.1) is 5.69 Å². The monoisotopic (exact) mass is 267 g/mol. The lowest BCUT2D eigenvalue weighted by atomic mass is 10.1. The second-order valence-corrected chi connectivity index (χ2v) is 4.45. The zero-order valence-corrected chi connectivity index (χ0v) is 11.0. The standard InChI is InChI=1S/C16H13NO3/c1-11-13-7-2-3-8-14(13)20-15(11)16(18)19-10-12-6-4-5-9-17-12/h2-9H,10H2,1H3. The van der Waals surface area contributed by atoms with Crippen molar-refractivity contribution in [3.63, 3.8) is 0 Å². The van der Waals surface area contributed by atoms with Gasteiger partial charge in [-0.1, -0.05) is 24.3 Å². The van der Waals surface area contributed by atoms with E-state index < -0.39 is 5.97 Å². The average molecular weight is 267 g/mol. The lowest BCUT2D eigenvalue weighted by Crippen LogP contribution is -2.06. The molecule has 0 aliphatic carbocycles. The first-order chi connectivity index (χ1) is 9.75. The highest BCUT2D eigenvalue weighted by atomic mass is 16.5. The van der Waals surface area contributed by atoms with E-state index >= 15 is 0 Å². The summed E-state index contributed by atoms with van der Waals surface area (Å²) >= 11 is 0. The van der Waals surface area contributed by atoms with Crippen LogP contribution in [0.15, 0.2) is 53.1 Å². The Labute approximate surface area is 116 Å². The molecule has 4 heteroatoms. The van der Waals surface area contributed by atoms with E-state index in [1.807, 2.05) is 43.3 Å². The normalized spacial score (nSPS) is 10.7. The number of hydrogen-bond acceptors (Lipinski definition) is 4. The molecular formula is C16H13NO3. The zero-order chi connectivity index (χ0) is 13.9. The summed E-state index contributed by atoms with van der Waals surface area (Å²) in [5.41, 5.74) is 2.19. The van der Waals surface area contributed by atoms with Gasteiger partial charge in [0.2, 0.25) is 5.76 Å². The van der Waals surface area contributed by atoms with Gasteiger partial charge in [-0.2, -0.15) is 0 Å². The van der Waals surface area contributed by atoms with Crippen molar-refractivity contribution in [1.29, 1.82) is 0 Å². The van der Waals surface area contributed by atoms with Crippen LogP contribution in [0.4, 0.5) is 0 Å². The van der Waals surface area contributed by atoms with Crippen molar-refractivity contribution in [2.75, 3.05) is 0 Å². The Kier molecular flexibility index (Phi) is 3.21. The number of para-hydroxylation sites is 1. The minimum atomic E-state index is -0.468. The number of nitrogens with zero attached hydrogens (tertiary/aromatic N) is 1. The van der Waals surface area contributed by atoms with Crippen LogP contribution in [0, 0.1) is 6.92 Å². The number of hydrogen-bond donors (Lipinski definition) is 0. The van der Waals surface area contributed by atoms with Gasteiger partial charge in [-0.05, 0) is 25.1 Å². The molecule has 1 aromatic carbocycles. The largest absolute Gasteiger partial charge is 0.453 e. The SMILES string of the molecule is Cc1c(C(=O)OCc2ccccn2)oc2ccccc12. The summed E-state index contributed by atoms with van der Waals surface area (Å²) in [6, 6.07) is 13.0. The van der Waals surface area contributed by atoms with Crippen LogP contribution in [0.1, 0.15) is 21.8 Å². The number of aryl methyl sites for hydroxylation is 1. The molecule has 3 rings (SSSR count). The van der Waals surface area contributed by atoms with E-state index in [4.69, 9.17) is 9.15 Å². The van der Waals surface area contributed by atoms with Crippen molar-refractivity contribution in [3.05, 3.63) is 65.7 Å². The van der Waals surface area contributed by atoms with Gasteiger partial charge >= 0.3 is 5.97 Å². The number of benzene rings is 1. The quantitative estimate of drug-likeness (QED) is 0.681. The molecule has 0 unspecified atom stereocenters. The molecule has 2 aromatic heterocycles. The van der Waals surface area contributed by atoms with Crippen LogP contribution >= 0.6 is 0 Å². The van der Waals surface area contributed by atoms with Gasteiger partial charge < -0.3 is 9.15 Å². The predicted molar refractivity (Wildman–Crippen MR) is 74.3 cm³/mol. The topological polar surface area (TPSA) is 52.3 Å². The molecule has 3 aromatic rings. The van der Waals surface area contributed by atoms with Crippen LogP contribution in [-0.2, 0) is 11.3 Å². The first-order valence-corrected chi connectivity index (χ1v) is 6.31. The number of ether oxygens (including phenoxy) is 1. The van der Waals surface area contributed by atoms with Crippen LogP contribution in [0.5, 0.6) is 0 Å². The lowest BCUT2D eigenvalue weighted by Gasteiger charge is -2.02. The minimum absolute atomic E-state index is 0.135. The van der Waals surface area contributed by atoms with E-state index in [-0.39, 0.29) is 12.4 Å². The van der Waals surface area contributed by atoms with Gasteiger partial charge in [-0.25, -0.2) is 4.79 Å². The number of carbonyl (C=O) groups is 1. The molecule has 0 N–H and O–H groups in total. The van der Waals surface area contributed by atoms with Gasteiger partial charge in [0.25, 0.3) is 0 Å². The van der Waals surface area contributed by atoms with E-state index in [2.05, 4.69) is 4.98 Å². The Bertz CT molecular complexity index is 747. The second kappa shape index (κ2) is 5.17.